The van der Waals surface area contributed by atoms with E-state index >= 15 is 0 Å². The Balaban J connectivity index is 2.11. The lowest BCUT2D eigenvalue weighted by molar-refractivity contribution is -0.383. The summed E-state index contributed by atoms with van der Waals surface area (Å²) in [5, 5.41) is 13.8. The van der Waals surface area contributed by atoms with E-state index in [1.54, 1.807) is 24.3 Å². The molecular weight excluding hydrogens is 332 g/mol. The number of ether oxygens (including phenoxy) is 1. The summed E-state index contributed by atoms with van der Waals surface area (Å²) >= 11 is 5.75. The highest BCUT2D eigenvalue weighted by Crippen LogP contribution is 2.28. The maximum absolute atomic E-state index is 12.2. The Hall–Kier alpha value is -2.60. The summed E-state index contributed by atoms with van der Waals surface area (Å²) in [7, 11) is 0. The minimum absolute atomic E-state index is 0.0922. The number of nitro groups is 1. The monoisotopic (exact) mass is 348 g/mol. The normalized spacial score (nSPS) is 10.5. The van der Waals surface area contributed by atoms with Crippen molar-refractivity contribution in [3.8, 4) is 5.75 Å². The predicted molar refractivity (Wildman–Crippen MR) is 92.8 cm³/mol. The molecule has 7 heteroatoms. The lowest BCUT2D eigenvalue weighted by atomic mass is 10.2. The van der Waals surface area contributed by atoms with Crippen molar-refractivity contribution in [2.45, 2.75) is 13.8 Å². The maximum Gasteiger partial charge on any atom is 0.294 e. The lowest BCUT2D eigenvalue weighted by Gasteiger charge is -2.10. The van der Waals surface area contributed by atoms with Gasteiger partial charge < -0.3 is 10.1 Å². The van der Waals surface area contributed by atoms with Crippen LogP contribution in [-0.4, -0.2) is 17.4 Å². The molecule has 0 aliphatic rings. The number of hydrogen-bond acceptors (Lipinski definition) is 4. The fourth-order valence-electron chi connectivity index (χ4n) is 1.92. The van der Waals surface area contributed by atoms with Gasteiger partial charge in [0, 0.05) is 16.7 Å². The van der Waals surface area contributed by atoms with Gasteiger partial charge in [0.2, 0.25) is 0 Å². The number of nitro benzene ring substituents is 1. The lowest BCUT2D eigenvalue weighted by Crippen LogP contribution is -2.13. The smallest absolute Gasteiger partial charge is 0.294 e. The van der Waals surface area contributed by atoms with Gasteiger partial charge in [0.15, 0.2) is 0 Å². The zero-order chi connectivity index (χ0) is 17.7. The van der Waals surface area contributed by atoms with Crippen molar-refractivity contribution in [1.29, 1.82) is 0 Å². The average Bonchev–Trinajstić information content (AvgIpc) is 2.54. The number of halogens is 1. The summed E-state index contributed by atoms with van der Waals surface area (Å²) in [5.74, 6) is 0.618. The van der Waals surface area contributed by atoms with Gasteiger partial charge in [0.1, 0.15) is 11.4 Å². The van der Waals surface area contributed by atoms with Crippen LogP contribution in [0.5, 0.6) is 5.75 Å². The van der Waals surface area contributed by atoms with Crippen molar-refractivity contribution in [3.05, 3.63) is 63.2 Å². The van der Waals surface area contributed by atoms with Crippen LogP contribution in [-0.2, 0) is 0 Å². The molecule has 0 saturated heterocycles. The van der Waals surface area contributed by atoms with Gasteiger partial charge >= 0.3 is 0 Å². The summed E-state index contributed by atoms with van der Waals surface area (Å²) in [5.41, 5.74) is 0.207. The molecule has 1 amide bonds. The maximum atomic E-state index is 12.2. The molecule has 0 saturated carbocycles. The molecule has 2 rings (SSSR count). The molecule has 2 aromatic carbocycles. The van der Waals surface area contributed by atoms with E-state index in [0.29, 0.717) is 23.8 Å². The highest BCUT2D eigenvalue weighted by atomic mass is 35.5. The summed E-state index contributed by atoms with van der Waals surface area (Å²) < 4.78 is 5.55. The van der Waals surface area contributed by atoms with Gasteiger partial charge in [-0.05, 0) is 42.3 Å². The molecule has 0 spiro atoms. The van der Waals surface area contributed by atoms with Crippen LogP contribution < -0.4 is 10.1 Å². The average molecular weight is 349 g/mol. The summed E-state index contributed by atoms with van der Waals surface area (Å²) in [6, 6.07) is 10.7. The van der Waals surface area contributed by atoms with Crippen LogP contribution in [0.25, 0.3) is 0 Å². The SMILES string of the molecule is CC(C)COc1ccc(C(=O)Nc2ccc(Cl)cc2[N+](=O)[O-])cc1. The Kier molecular flexibility index (Phi) is 5.76. The van der Waals surface area contributed by atoms with E-state index < -0.39 is 10.8 Å². The van der Waals surface area contributed by atoms with E-state index in [9.17, 15) is 14.9 Å². The van der Waals surface area contributed by atoms with Gasteiger partial charge in [-0.25, -0.2) is 0 Å². The summed E-state index contributed by atoms with van der Waals surface area (Å²) in [6.07, 6.45) is 0. The van der Waals surface area contributed by atoms with Gasteiger partial charge in [0.25, 0.3) is 11.6 Å². The fourth-order valence-corrected chi connectivity index (χ4v) is 2.09. The quantitative estimate of drug-likeness (QED) is 0.614. The first-order valence-electron chi connectivity index (χ1n) is 7.35. The molecule has 6 nitrogen and oxygen atoms in total. The van der Waals surface area contributed by atoms with Crippen molar-refractivity contribution >= 4 is 28.9 Å². The molecule has 0 aliphatic heterocycles. The molecule has 24 heavy (non-hydrogen) atoms. The van der Waals surface area contributed by atoms with Crippen LogP contribution in [0.1, 0.15) is 24.2 Å². The first kappa shape index (κ1) is 17.7. The first-order valence-corrected chi connectivity index (χ1v) is 7.72. The predicted octanol–water partition coefficient (Wildman–Crippen LogP) is 4.54. The Morgan fingerprint density at radius 1 is 1.25 bits per heavy atom. The van der Waals surface area contributed by atoms with E-state index in [-0.39, 0.29) is 16.4 Å². The summed E-state index contributed by atoms with van der Waals surface area (Å²) in [6.45, 7) is 4.67. The Morgan fingerprint density at radius 3 is 2.50 bits per heavy atom. The van der Waals surface area contributed by atoms with Crippen molar-refractivity contribution in [2.75, 3.05) is 11.9 Å². The molecule has 0 bridgehead atoms. The molecule has 0 atom stereocenters. The van der Waals surface area contributed by atoms with Crippen LogP contribution in [0, 0.1) is 16.0 Å². The zero-order valence-electron chi connectivity index (χ0n) is 13.3. The highest BCUT2D eigenvalue weighted by molar-refractivity contribution is 6.31. The standard InChI is InChI=1S/C17H17ClN2O4/c1-11(2)10-24-14-6-3-12(4-7-14)17(21)19-15-8-5-13(18)9-16(15)20(22)23/h3-9,11H,10H2,1-2H3,(H,19,21). The number of nitrogens with one attached hydrogen (secondary N) is 1. The second-order valence-corrected chi connectivity index (χ2v) is 6.04. The third kappa shape index (κ3) is 4.70. The van der Waals surface area contributed by atoms with Crippen LogP contribution in [0.15, 0.2) is 42.5 Å². The third-order valence-corrected chi connectivity index (χ3v) is 3.34. The molecule has 0 radical (unpaired) electrons. The molecule has 2 aromatic rings. The van der Waals surface area contributed by atoms with Crippen molar-refractivity contribution < 1.29 is 14.5 Å². The Labute approximate surface area is 144 Å². The number of rotatable bonds is 6. The largest absolute Gasteiger partial charge is 0.493 e. The molecule has 1 N–H and O–H groups in total. The van der Waals surface area contributed by atoms with Gasteiger partial charge in [-0.3, -0.25) is 14.9 Å². The van der Waals surface area contributed by atoms with Gasteiger partial charge in [-0.15, -0.1) is 0 Å². The topological polar surface area (TPSA) is 81.5 Å². The minimum atomic E-state index is -0.593. The van der Waals surface area contributed by atoms with E-state index in [2.05, 4.69) is 5.32 Å². The summed E-state index contributed by atoms with van der Waals surface area (Å²) in [4.78, 5) is 22.7. The van der Waals surface area contributed by atoms with Gasteiger partial charge in [-0.1, -0.05) is 25.4 Å². The van der Waals surface area contributed by atoms with Gasteiger partial charge in [-0.2, -0.15) is 0 Å². The molecule has 0 aliphatic carbocycles. The van der Waals surface area contributed by atoms with E-state index in [4.69, 9.17) is 16.3 Å². The number of nitrogens with zero attached hydrogens (tertiary/aromatic N) is 1. The Bertz CT molecular complexity index is 745. The molecule has 0 heterocycles. The molecular formula is C17H17ClN2O4. The van der Waals surface area contributed by atoms with Crippen LogP contribution in [0.2, 0.25) is 5.02 Å². The number of anilines is 1. The number of benzene rings is 2. The number of hydrogen-bond donors (Lipinski definition) is 1. The number of amides is 1. The van der Waals surface area contributed by atoms with Crippen molar-refractivity contribution in [3.63, 3.8) is 0 Å². The van der Waals surface area contributed by atoms with Crippen LogP contribution in [0.3, 0.4) is 0 Å². The molecule has 0 unspecified atom stereocenters. The second-order valence-electron chi connectivity index (χ2n) is 5.60. The van der Waals surface area contributed by atoms with Gasteiger partial charge in [0.05, 0.1) is 11.5 Å². The zero-order valence-corrected chi connectivity index (χ0v) is 14.0. The van der Waals surface area contributed by atoms with Crippen molar-refractivity contribution in [1.82, 2.24) is 0 Å². The van der Waals surface area contributed by atoms with Crippen LogP contribution >= 0.6 is 11.6 Å². The van der Waals surface area contributed by atoms with E-state index in [1.807, 2.05) is 13.8 Å². The number of carbonyl (C=O) groups is 1. The number of carbonyl (C=O) groups excluding carboxylic acids is 1. The first-order chi connectivity index (χ1) is 11.4. The molecule has 126 valence electrons. The van der Waals surface area contributed by atoms with E-state index in [0.717, 1.165) is 0 Å². The Morgan fingerprint density at radius 2 is 1.92 bits per heavy atom. The van der Waals surface area contributed by atoms with Crippen molar-refractivity contribution in [2.24, 2.45) is 5.92 Å². The highest BCUT2D eigenvalue weighted by Gasteiger charge is 2.17. The van der Waals surface area contributed by atoms with E-state index in [1.165, 1.54) is 18.2 Å². The molecule has 0 aromatic heterocycles. The fraction of sp³-hybridized carbons (Fsp3) is 0.235. The third-order valence-electron chi connectivity index (χ3n) is 3.10. The second kappa shape index (κ2) is 7.79. The van der Waals surface area contributed by atoms with Crippen LogP contribution in [0.4, 0.5) is 11.4 Å². The molecule has 0 fully saturated rings. The minimum Gasteiger partial charge on any atom is -0.493 e.